The molecule has 74 valence electrons. The van der Waals surface area contributed by atoms with Crippen LogP contribution in [0.4, 0.5) is 0 Å². The monoisotopic (exact) mass is 186 g/mol. The number of methoxy groups -OCH3 is 1. The van der Waals surface area contributed by atoms with E-state index in [1.165, 1.54) is 0 Å². The average molecular weight is 186 g/mol. The molecule has 0 aromatic heterocycles. The van der Waals surface area contributed by atoms with Gasteiger partial charge in [-0.3, -0.25) is 9.59 Å². The highest BCUT2D eigenvalue weighted by molar-refractivity contribution is 6.62. The van der Waals surface area contributed by atoms with E-state index < -0.39 is 23.0 Å². The third kappa shape index (κ3) is 2.65. The van der Waals surface area contributed by atoms with Gasteiger partial charge in [-0.1, -0.05) is 20.8 Å². The first-order valence-electron chi connectivity index (χ1n) is 4.04. The summed E-state index contributed by atoms with van der Waals surface area (Å²) in [6.07, 6.45) is 0.508. The Morgan fingerprint density at radius 2 is 1.69 bits per heavy atom. The van der Waals surface area contributed by atoms with Crippen LogP contribution in [-0.2, 0) is 19.1 Å². The highest BCUT2D eigenvalue weighted by Gasteiger charge is 2.35. The zero-order valence-electron chi connectivity index (χ0n) is 8.34. The zero-order chi connectivity index (χ0) is 10.6. The fourth-order valence-electron chi connectivity index (χ4n) is 0.653. The van der Waals surface area contributed by atoms with Gasteiger partial charge in [0.15, 0.2) is 0 Å². The van der Waals surface area contributed by atoms with Gasteiger partial charge in [-0.05, 0) is 6.42 Å². The number of ether oxygens (including phenoxy) is 1. The molecule has 0 heterocycles. The second-order valence-corrected chi connectivity index (χ2v) is 3.39. The number of hydrogen-bond donors (Lipinski definition) is 0. The predicted molar refractivity (Wildman–Crippen MR) is 46.1 cm³/mol. The molecule has 0 aliphatic heterocycles. The van der Waals surface area contributed by atoms with Crippen LogP contribution in [-0.4, -0.2) is 24.6 Å². The van der Waals surface area contributed by atoms with Crippen LogP contribution in [0.15, 0.2) is 0 Å². The first kappa shape index (κ1) is 11.8. The number of esters is 1. The molecule has 4 nitrogen and oxygen atoms in total. The third-order valence-electron chi connectivity index (χ3n) is 2.08. The van der Waals surface area contributed by atoms with E-state index in [0.29, 0.717) is 6.42 Å². The molecule has 0 aromatic carbocycles. The third-order valence-corrected chi connectivity index (χ3v) is 2.08. The molecule has 13 heavy (non-hydrogen) atoms. The van der Waals surface area contributed by atoms with Crippen molar-refractivity contribution in [1.82, 2.24) is 0 Å². The maximum absolute atomic E-state index is 11.3. The number of rotatable bonds is 4. The first-order valence-corrected chi connectivity index (χ1v) is 4.04. The van der Waals surface area contributed by atoms with E-state index in [1.54, 1.807) is 20.8 Å². The molecule has 0 radical (unpaired) electrons. The normalized spacial score (nSPS) is 10.8. The minimum Gasteiger partial charge on any atom is -0.463 e. The van der Waals surface area contributed by atoms with Crippen molar-refractivity contribution in [2.45, 2.75) is 27.2 Å². The summed E-state index contributed by atoms with van der Waals surface area (Å²) < 4.78 is 4.16. The molecular weight excluding hydrogens is 172 g/mol. The minimum atomic E-state index is -1.09. The van der Waals surface area contributed by atoms with Gasteiger partial charge < -0.3 is 4.74 Å². The van der Waals surface area contributed by atoms with Gasteiger partial charge in [0.25, 0.3) is 0 Å². The molecule has 0 unspecified atom stereocenters. The van der Waals surface area contributed by atoms with Gasteiger partial charge in [-0.25, -0.2) is 4.79 Å². The predicted octanol–water partition coefficient (Wildman–Crippen LogP) is 0.734. The molecule has 0 saturated heterocycles. The number of ketones is 2. The van der Waals surface area contributed by atoms with E-state index in [2.05, 4.69) is 4.74 Å². The fourth-order valence-corrected chi connectivity index (χ4v) is 0.653. The summed E-state index contributed by atoms with van der Waals surface area (Å²) in [6.45, 7) is 5.02. The Kier molecular flexibility index (Phi) is 3.78. The maximum Gasteiger partial charge on any atom is 0.382 e. The second-order valence-electron chi connectivity index (χ2n) is 3.39. The van der Waals surface area contributed by atoms with Crippen molar-refractivity contribution in [3.8, 4) is 0 Å². The smallest absolute Gasteiger partial charge is 0.382 e. The molecule has 0 N–H and O–H groups in total. The van der Waals surface area contributed by atoms with Crippen LogP contribution in [0.25, 0.3) is 0 Å². The van der Waals surface area contributed by atoms with Crippen LogP contribution in [0.1, 0.15) is 27.2 Å². The second kappa shape index (κ2) is 4.16. The molecular formula is C9H14O4. The lowest BCUT2D eigenvalue weighted by Gasteiger charge is -2.18. The molecule has 0 spiro atoms. The van der Waals surface area contributed by atoms with E-state index in [0.717, 1.165) is 7.11 Å². The molecule has 0 aromatic rings. The summed E-state index contributed by atoms with van der Waals surface area (Å²) in [6, 6.07) is 0. The Balaban J connectivity index is 4.62. The number of carbonyl (C=O) groups excluding carboxylic acids is 3. The van der Waals surface area contributed by atoms with Crippen LogP contribution in [0.2, 0.25) is 0 Å². The van der Waals surface area contributed by atoms with E-state index in [4.69, 9.17) is 0 Å². The van der Waals surface area contributed by atoms with Crippen LogP contribution >= 0.6 is 0 Å². The van der Waals surface area contributed by atoms with Gasteiger partial charge in [-0.2, -0.15) is 0 Å². The largest absolute Gasteiger partial charge is 0.463 e. The Labute approximate surface area is 77.3 Å². The number of carbonyl (C=O) groups is 3. The molecule has 0 fully saturated rings. The van der Waals surface area contributed by atoms with Gasteiger partial charge in [0.05, 0.1) is 7.11 Å². The highest BCUT2D eigenvalue weighted by Crippen LogP contribution is 2.21. The minimum absolute atomic E-state index is 0.508. The fraction of sp³-hybridized carbons (Fsp3) is 0.667. The molecule has 4 heteroatoms. The van der Waals surface area contributed by atoms with Crippen LogP contribution in [0.5, 0.6) is 0 Å². The Bertz CT molecular complexity index is 240. The Morgan fingerprint density at radius 3 is 2.00 bits per heavy atom. The Hall–Kier alpha value is -1.19. The van der Waals surface area contributed by atoms with Crippen molar-refractivity contribution >= 4 is 17.5 Å². The molecule has 0 amide bonds. The van der Waals surface area contributed by atoms with E-state index in [1.807, 2.05) is 0 Å². The molecule has 0 atom stereocenters. The van der Waals surface area contributed by atoms with Crippen molar-refractivity contribution in [1.29, 1.82) is 0 Å². The van der Waals surface area contributed by atoms with Crippen LogP contribution in [0.3, 0.4) is 0 Å². The van der Waals surface area contributed by atoms with E-state index >= 15 is 0 Å². The lowest BCUT2D eigenvalue weighted by atomic mass is 9.83. The molecule has 0 aliphatic rings. The first-order chi connectivity index (χ1) is 5.86. The van der Waals surface area contributed by atoms with Crippen molar-refractivity contribution < 1.29 is 19.1 Å². The van der Waals surface area contributed by atoms with Gasteiger partial charge in [0.1, 0.15) is 0 Å². The van der Waals surface area contributed by atoms with E-state index in [9.17, 15) is 14.4 Å². The number of hydrogen-bond acceptors (Lipinski definition) is 4. The average Bonchev–Trinajstić information content (AvgIpc) is 2.14. The molecule has 0 rings (SSSR count). The Morgan fingerprint density at radius 1 is 1.23 bits per heavy atom. The summed E-state index contributed by atoms with van der Waals surface area (Å²) in [5.41, 5.74) is -0.786. The SMILES string of the molecule is CCC(C)(C)C(=O)C(=O)C(=O)OC. The van der Waals surface area contributed by atoms with Crippen LogP contribution < -0.4 is 0 Å². The summed E-state index contributed by atoms with van der Waals surface area (Å²) in [5, 5.41) is 0. The summed E-state index contributed by atoms with van der Waals surface area (Å²) >= 11 is 0. The lowest BCUT2D eigenvalue weighted by Crippen LogP contribution is -2.35. The van der Waals surface area contributed by atoms with Crippen LogP contribution in [0, 0.1) is 5.41 Å². The lowest BCUT2D eigenvalue weighted by molar-refractivity contribution is -0.157. The van der Waals surface area contributed by atoms with E-state index in [-0.39, 0.29) is 0 Å². The highest BCUT2D eigenvalue weighted by atomic mass is 16.5. The van der Waals surface area contributed by atoms with Gasteiger partial charge in [-0.15, -0.1) is 0 Å². The molecule has 0 bridgehead atoms. The topological polar surface area (TPSA) is 60.4 Å². The summed E-state index contributed by atoms with van der Waals surface area (Å²) in [4.78, 5) is 33.1. The van der Waals surface area contributed by atoms with Crippen molar-refractivity contribution in [2.24, 2.45) is 5.41 Å². The van der Waals surface area contributed by atoms with Gasteiger partial charge in [0, 0.05) is 5.41 Å². The summed E-state index contributed by atoms with van der Waals surface area (Å²) in [5.74, 6) is -2.86. The summed E-state index contributed by atoms with van der Waals surface area (Å²) in [7, 11) is 1.08. The molecule has 0 aliphatic carbocycles. The zero-order valence-corrected chi connectivity index (χ0v) is 8.34. The standard InChI is InChI=1S/C9H14O4/c1-5-9(2,3)7(11)6(10)8(12)13-4/h5H2,1-4H3. The molecule has 0 saturated carbocycles. The van der Waals surface area contributed by atoms with Gasteiger partial charge in [0.2, 0.25) is 5.78 Å². The van der Waals surface area contributed by atoms with Crippen molar-refractivity contribution in [3.63, 3.8) is 0 Å². The number of Topliss-reactive ketones (excluding diaryl/α,β-unsaturated/α-hetero) is 2. The van der Waals surface area contributed by atoms with Gasteiger partial charge >= 0.3 is 11.8 Å². The quantitative estimate of drug-likeness (QED) is 0.369. The maximum atomic E-state index is 11.3. The van der Waals surface area contributed by atoms with Crippen molar-refractivity contribution in [2.75, 3.05) is 7.11 Å². The van der Waals surface area contributed by atoms with Crippen molar-refractivity contribution in [3.05, 3.63) is 0 Å².